The Morgan fingerprint density at radius 1 is 1.25 bits per heavy atom. The molecule has 2 amide bonds. The first-order valence-electron chi connectivity index (χ1n) is 1.91. The Kier molecular flexibility index (Phi) is 9.00. The number of hydrogen-bond donors (Lipinski definition) is 2. The zero-order chi connectivity index (χ0) is 4.41. The molecule has 0 saturated carbocycles. The van der Waals surface area contributed by atoms with E-state index in [9.17, 15) is 4.79 Å². The summed E-state index contributed by atoms with van der Waals surface area (Å²) in [6.45, 7) is 1.55. The molecule has 0 atom stereocenters. The van der Waals surface area contributed by atoms with Crippen molar-refractivity contribution in [2.24, 2.45) is 0 Å². The number of amides is 2. The van der Waals surface area contributed by atoms with Gasteiger partial charge < -0.3 is 34.6 Å². The van der Waals surface area contributed by atoms with Gasteiger partial charge in [0.1, 0.15) is 0 Å². The molecule has 0 radical (unpaired) electrons. The summed E-state index contributed by atoms with van der Waals surface area (Å²) in [5.41, 5.74) is 0. The van der Waals surface area contributed by atoms with Gasteiger partial charge in [-0.3, -0.25) is 0 Å². The predicted molar refractivity (Wildman–Crippen MR) is 21.4 cm³/mol. The van der Waals surface area contributed by atoms with Gasteiger partial charge in [-0.15, -0.1) is 0 Å². The van der Waals surface area contributed by atoms with Gasteiger partial charge in [0, 0.05) is 13.1 Å². The van der Waals surface area contributed by atoms with E-state index >= 15 is 0 Å². The number of carbonyl (C=O) groups is 1. The maximum Gasteiger partial charge on any atom is 1.00 e. The average Bonchev–Trinajstić information content (AvgIpc) is 1.86. The Bertz CT molecular complexity index is 71.7. The van der Waals surface area contributed by atoms with Crippen LogP contribution in [0.25, 0.3) is 0 Å². The van der Waals surface area contributed by atoms with Gasteiger partial charge in [0.05, 0.1) is 0 Å². The van der Waals surface area contributed by atoms with Gasteiger partial charge in [-0.25, -0.2) is 4.79 Å². The molecule has 1 rings (SSSR count). The number of nitrogens with one attached hydrogen (secondary N) is 2. The van der Waals surface area contributed by atoms with Gasteiger partial charge in [0.15, 0.2) is 0 Å². The zero-order valence-corrected chi connectivity index (χ0v) is 8.86. The van der Waals surface area contributed by atoms with Crippen LogP contribution in [0.3, 0.4) is 0 Å². The van der Waals surface area contributed by atoms with E-state index in [4.69, 9.17) is 0 Å². The minimum absolute atomic E-state index is 0. The van der Waals surface area contributed by atoms with Crippen LogP contribution in [0.2, 0.25) is 0 Å². The van der Waals surface area contributed by atoms with Crippen molar-refractivity contribution in [1.82, 2.24) is 10.6 Å². The summed E-state index contributed by atoms with van der Waals surface area (Å²) >= 11 is 0. The summed E-state index contributed by atoms with van der Waals surface area (Å²) in [5, 5.41) is 5.14. The van der Waals surface area contributed by atoms with Gasteiger partial charge in [0.2, 0.25) is 0 Å². The molecule has 1 fully saturated rings. The van der Waals surface area contributed by atoms with Gasteiger partial charge in [-0.1, -0.05) is 0 Å². The average molecular weight is 236 g/mol. The Morgan fingerprint density at radius 2 is 1.62 bits per heavy atom. The second-order valence-corrected chi connectivity index (χ2v) is 1.18. The van der Waals surface area contributed by atoms with Crippen LogP contribution in [-0.2, 0) is 0 Å². The van der Waals surface area contributed by atoms with Crippen molar-refractivity contribution in [2.45, 2.75) is 0 Å². The number of halogens is 1. The Labute approximate surface area is 87.3 Å². The van der Waals surface area contributed by atoms with Crippen LogP contribution in [-0.4, -0.2) is 19.1 Å². The molecule has 5 heteroatoms. The summed E-state index contributed by atoms with van der Waals surface area (Å²) in [5.74, 6) is 0. The summed E-state index contributed by atoms with van der Waals surface area (Å²) < 4.78 is 0. The van der Waals surface area contributed by atoms with Gasteiger partial charge >= 0.3 is 35.6 Å². The monoisotopic (exact) mass is 236 g/mol. The van der Waals surface area contributed by atoms with E-state index in [1.165, 1.54) is 0 Å². The van der Waals surface area contributed by atoms with Crippen molar-refractivity contribution >= 4 is 6.03 Å². The quantitative estimate of drug-likeness (QED) is 0.318. The van der Waals surface area contributed by atoms with Crippen LogP contribution in [0.1, 0.15) is 0 Å². The van der Waals surface area contributed by atoms with E-state index < -0.39 is 0 Å². The Hall–Kier alpha value is 1.00. The summed E-state index contributed by atoms with van der Waals surface area (Å²) in [4.78, 5) is 10.0. The molecule has 0 aliphatic carbocycles. The molecule has 0 bridgehead atoms. The SMILES string of the molecule is O=C1NCCN1.[I-].[Na+]. The molecule has 1 aliphatic heterocycles. The zero-order valence-electron chi connectivity index (χ0n) is 4.70. The Morgan fingerprint density at radius 3 is 1.75 bits per heavy atom. The fourth-order valence-corrected chi connectivity index (χ4v) is 0.415. The van der Waals surface area contributed by atoms with E-state index in [2.05, 4.69) is 10.6 Å². The van der Waals surface area contributed by atoms with Crippen molar-refractivity contribution < 1.29 is 58.3 Å². The number of hydrogen-bond acceptors (Lipinski definition) is 1. The topological polar surface area (TPSA) is 41.1 Å². The third-order valence-electron chi connectivity index (χ3n) is 0.696. The molecule has 0 aromatic rings. The van der Waals surface area contributed by atoms with Crippen molar-refractivity contribution in [3.05, 3.63) is 0 Å². The van der Waals surface area contributed by atoms with Gasteiger partial charge in [0.25, 0.3) is 0 Å². The standard InChI is InChI=1S/C3H6N2O.HI.Na/c6-3-4-1-2-5-3;;/h1-2H2,(H2,4,5,6);1H;/q;;+1/p-1. The molecule has 1 aliphatic rings. The molecule has 0 spiro atoms. The molecular formula is C3H6IN2NaO. The second kappa shape index (κ2) is 6.12. The molecule has 8 heavy (non-hydrogen) atoms. The van der Waals surface area contributed by atoms with Gasteiger partial charge in [-0.05, 0) is 0 Å². The van der Waals surface area contributed by atoms with Crippen LogP contribution in [0, 0.1) is 0 Å². The van der Waals surface area contributed by atoms with Crippen LogP contribution in [0.15, 0.2) is 0 Å². The molecule has 2 N–H and O–H groups in total. The molecule has 1 heterocycles. The first kappa shape index (κ1) is 11.8. The molecule has 1 saturated heterocycles. The second-order valence-electron chi connectivity index (χ2n) is 1.18. The number of rotatable bonds is 0. The van der Waals surface area contributed by atoms with Crippen LogP contribution in [0.4, 0.5) is 4.79 Å². The number of carbonyl (C=O) groups excluding carboxylic acids is 1. The van der Waals surface area contributed by atoms with Crippen LogP contribution < -0.4 is 64.2 Å². The fraction of sp³-hybridized carbons (Fsp3) is 0.667. The molecule has 42 valence electrons. The van der Waals surface area contributed by atoms with E-state index in [0.29, 0.717) is 0 Å². The fourth-order valence-electron chi connectivity index (χ4n) is 0.415. The smallest absolute Gasteiger partial charge is 1.00 e. The van der Waals surface area contributed by atoms with Crippen molar-refractivity contribution in [3.63, 3.8) is 0 Å². The first-order valence-corrected chi connectivity index (χ1v) is 1.91. The summed E-state index contributed by atoms with van der Waals surface area (Å²) in [7, 11) is 0. The van der Waals surface area contributed by atoms with E-state index in [-0.39, 0.29) is 59.6 Å². The van der Waals surface area contributed by atoms with E-state index in [1.807, 2.05) is 0 Å². The third-order valence-corrected chi connectivity index (χ3v) is 0.696. The maximum absolute atomic E-state index is 10.0. The third kappa shape index (κ3) is 3.94. The van der Waals surface area contributed by atoms with Crippen molar-refractivity contribution in [2.75, 3.05) is 13.1 Å². The minimum Gasteiger partial charge on any atom is -1.00 e. The van der Waals surface area contributed by atoms with Crippen LogP contribution >= 0.6 is 0 Å². The first-order chi connectivity index (χ1) is 2.89. The summed E-state index contributed by atoms with van der Waals surface area (Å²) in [6.07, 6.45) is 0. The molecule has 0 aromatic heterocycles. The molecule has 0 unspecified atom stereocenters. The summed E-state index contributed by atoms with van der Waals surface area (Å²) in [6, 6.07) is -0.0463. The van der Waals surface area contributed by atoms with Crippen molar-refractivity contribution in [1.29, 1.82) is 0 Å². The normalized spacial score (nSPS) is 14.8. The largest absolute Gasteiger partial charge is 1.00 e. The van der Waals surface area contributed by atoms with Crippen molar-refractivity contribution in [3.8, 4) is 0 Å². The molecular weight excluding hydrogens is 230 g/mol. The van der Waals surface area contributed by atoms with E-state index in [0.717, 1.165) is 13.1 Å². The van der Waals surface area contributed by atoms with Crippen LogP contribution in [0.5, 0.6) is 0 Å². The Balaban J connectivity index is 0. The molecule has 0 aromatic carbocycles. The number of urea groups is 1. The molecule has 3 nitrogen and oxygen atoms in total. The maximum atomic E-state index is 10.0. The predicted octanol–water partition coefficient (Wildman–Crippen LogP) is -6.69. The van der Waals surface area contributed by atoms with E-state index in [1.54, 1.807) is 0 Å². The van der Waals surface area contributed by atoms with Gasteiger partial charge in [-0.2, -0.15) is 0 Å². The minimum atomic E-state index is -0.0463.